The molecule has 1 heterocycles. The summed E-state index contributed by atoms with van der Waals surface area (Å²) >= 11 is 0. The number of hydrogen-bond donors (Lipinski definition) is 1. The number of benzene rings is 2. The molecule has 1 amide bonds. The summed E-state index contributed by atoms with van der Waals surface area (Å²) in [5.74, 6) is -1.33. The molecule has 4 nitrogen and oxygen atoms in total. The van der Waals surface area contributed by atoms with Gasteiger partial charge in [0.15, 0.2) is 0 Å². The molecule has 0 radical (unpaired) electrons. The van der Waals surface area contributed by atoms with Crippen molar-refractivity contribution in [2.24, 2.45) is 5.10 Å². The van der Waals surface area contributed by atoms with Gasteiger partial charge in [0, 0.05) is 28.9 Å². The second-order valence-corrected chi connectivity index (χ2v) is 8.30. The molecule has 0 bridgehead atoms. The topological polar surface area (TPSA) is 44.7 Å². The molecule has 1 aliphatic rings. The van der Waals surface area contributed by atoms with Gasteiger partial charge in [-0.1, -0.05) is 19.1 Å². The van der Waals surface area contributed by atoms with Gasteiger partial charge in [-0.15, -0.1) is 0 Å². The molecule has 2 aromatic carbocycles. The number of carbonyl (C=O) groups excluding carboxylic acids is 1. The van der Waals surface area contributed by atoms with Gasteiger partial charge < -0.3 is 4.90 Å². The van der Waals surface area contributed by atoms with Gasteiger partial charge in [-0.2, -0.15) is 18.3 Å². The highest BCUT2D eigenvalue weighted by Crippen LogP contribution is 2.40. The zero-order valence-electron chi connectivity index (χ0n) is 18.3. The summed E-state index contributed by atoms with van der Waals surface area (Å²) in [6, 6.07) is 7.12. The lowest BCUT2D eigenvalue weighted by molar-refractivity contribution is -0.137. The number of anilines is 1. The largest absolute Gasteiger partial charge is 0.416 e. The van der Waals surface area contributed by atoms with Crippen LogP contribution in [0.3, 0.4) is 0 Å². The summed E-state index contributed by atoms with van der Waals surface area (Å²) in [4.78, 5) is 14.3. The van der Waals surface area contributed by atoms with E-state index < -0.39 is 23.5 Å². The zero-order chi connectivity index (χ0) is 23.7. The molecule has 0 aliphatic carbocycles. The summed E-state index contributed by atoms with van der Waals surface area (Å²) in [7, 11) is 0. The molecule has 0 unspecified atom stereocenters. The van der Waals surface area contributed by atoms with Crippen molar-refractivity contribution < 1.29 is 22.4 Å². The normalized spacial score (nSPS) is 15.5. The van der Waals surface area contributed by atoms with E-state index in [1.807, 2.05) is 6.92 Å². The highest BCUT2D eigenvalue weighted by Gasteiger charge is 2.32. The number of carbonyl (C=O) groups is 1. The molecule has 0 saturated carbocycles. The molecule has 0 fully saturated rings. The second-order valence-electron chi connectivity index (χ2n) is 8.30. The minimum Gasteiger partial charge on any atom is -0.362 e. The Morgan fingerprint density at radius 3 is 2.59 bits per heavy atom. The minimum atomic E-state index is -4.56. The average molecular weight is 447 g/mol. The third-order valence-corrected chi connectivity index (χ3v) is 5.37. The van der Waals surface area contributed by atoms with Gasteiger partial charge in [0.25, 0.3) is 5.91 Å². The van der Waals surface area contributed by atoms with Gasteiger partial charge in [-0.05, 0) is 63.1 Å². The van der Waals surface area contributed by atoms with Crippen LogP contribution in [0.4, 0.5) is 23.2 Å². The highest BCUT2D eigenvalue weighted by molar-refractivity contribution is 5.95. The first-order valence-corrected chi connectivity index (χ1v) is 10.3. The lowest BCUT2D eigenvalue weighted by Crippen LogP contribution is -2.45. The Balaban J connectivity index is 1.83. The quantitative estimate of drug-likeness (QED) is 0.346. The number of fused-ring (bicyclic) bond motifs is 1. The molecule has 3 rings (SSSR count). The maximum Gasteiger partial charge on any atom is 0.416 e. The van der Waals surface area contributed by atoms with Crippen molar-refractivity contribution in [1.82, 2.24) is 5.43 Å². The number of hydrazone groups is 1. The van der Waals surface area contributed by atoms with Gasteiger partial charge in [0.2, 0.25) is 0 Å². The number of allylic oxidation sites excluding steroid dienone is 1. The van der Waals surface area contributed by atoms with E-state index in [1.54, 1.807) is 6.07 Å². The van der Waals surface area contributed by atoms with E-state index >= 15 is 0 Å². The predicted molar refractivity (Wildman–Crippen MR) is 118 cm³/mol. The van der Waals surface area contributed by atoms with Gasteiger partial charge in [-0.3, -0.25) is 4.79 Å². The van der Waals surface area contributed by atoms with Crippen LogP contribution in [-0.2, 0) is 6.18 Å². The second kappa shape index (κ2) is 8.76. The molecule has 0 spiro atoms. The molecule has 2 aromatic rings. The molecular weight excluding hydrogens is 422 g/mol. The summed E-state index contributed by atoms with van der Waals surface area (Å²) in [6.07, 6.45) is -0.378. The summed E-state index contributed by atoms with van der Waals surface area (Å²) in [6.45, 7) is 8.94. The van der Waals surface area contributed by atoms with Crippen molar-refractivity contribution in [2.45, 2.75) is 45.8 Å². The Morgan fingerprint density at radius 2 is 1.94 bits per heavy atom. The Bertz CT molecular complexity index is 1090. The van der Waals surface area contributed by atoms with Crippen molar-refractivity contribution in [2.75, 3.05) is 11.4 Å². The van der Waals surface area contributed by atoms with Crippen LogP contribution in [0.5, 0.6) is 0 Å². The smallest absolute Gasteiger partial charge is 0.362 e. The molecule has 1 N–H and O–H groups in total. The summed E-state index contributed by atoms with van der Waals surface area (Å²) < 4.78 is 53.3. The fourth-order valence-electron chi connectivity index (χ4n) is 3.91. The van der Waals surface area contributed by atoms with Crippen LogP contribution in [0, 0.1) is 5.82 Å². The van der Waals surface area contributed by atoms with Crippen molar-refractivity contribution in [3.05, 3.63) is 70.5 Å². The molecule has 0 saturated heterocycles. The third-order valence-electron chi connectivity index (χ3n) is 5.37. The molecular formula is C24H25F4N3O. The molecule has 0 atom stereocenters. The van der Waals surface area contributed by atoms with E-state index in [0.717, 1.165) is 54.2 Å². The summed E-state index contributed by atoms with van der Waals surface area (Å²) in [5.41, 5.74) is 3.59. The summed E-state index contributed by atoms with van der Waals surface area (Å²) in [5, 5.41) is 3.75. The number of nitrogens with one attached hydrogen (secondary N) is 1. The van der Waals surface area contributed by atoms with Gasteiger partial charge in [-0.25, -0.2) is 9.82 Å². The Morgan fingerprint density at radius 1 is 1.22 bits per heavy atom. The maximum absolute atomic E-state index is 14.8. The third kappa shape index (κ3) is 4.84. The van der Waals surface area contributed by atoms with Crippen LogP contribution in [0.15, 0.2) is 47.6 Å². The van der Waals surface area contributed by atoms with Crippen LogP contribution in [0.1, 0.15) is 61.2 Å². The molecule has 8 heteroatoms. The van der Waals surface area contributed by atoms with Crippen molar-refractivity contribution in [1.29, 1.82) is 0 Å². The number of amides is 1. The van der Waals surface area contributed by atoms with Crippen molar-refractivity contribution >= 4 is 23.4 Å². The first-order valence-electron chi connectivity index (χ1n) is 10.3. The monoisotopic (exact) mass is 447 g/mol. The molecule has 1 aliphatic heterocycles. The van der Waals surface area contributed by atoms with Crippen LogP contribution in [0.2, 0.25) is 0 Å². The molecule has 32 heavy (non-hydrogen) atoms. The van der Waals surface area contributed by atoms with E-state index in [9.17, 15) is 22.4 Å². The molecule has 170 valence electrons. The van der Waals surface area contributed by atoms with Crippen LogP contribution >= 0.6 is 0 Å². The number of rotatable bonds is 5. The van der Waals surface area contributed by atoms with Crippen molar-refractivity contribution in [3.63, 3.8) is 0 Å². The predicted octanol–water partition coefficient (Wildman–Crippen LogP) is 6.02. The Hall–Kier alpha value is -3.16. The molecule has 0 aromatic heterocycles. The number of alkyl halides is 3. The lowest BCUT2D eigenvalue weighted by atomic mass is 9.88. The van der Waals surface area contributed by atoms with Crippen molar-refractivity contribution in [3.8, 4) is 0 Å². The SMILES string of the molecule is CCCN1c2cc(F)c(/C=N\NC(=O)c3cccc(C(F)(F)F)c3)cc2C(C)=CC1(C)C. The van der Waals surface area contributed by atoms with Gasteiger partial charge >= 0.3 is 6.18 Å². The first-order chi connectivity index (χ1) is 14.9. The lowest BCUT2D eigenvalue weighted by Gasteiger charge is -2.43. The number of hydrogen-bond acceptors (Lipinski definition) is 3. The number of halogens is 4. The van der Waals surface area contributed by atoms with E-state index in [-0.39, 0.29) is 16.7 Å². The van der Waals surface area contributed by atoms with E-state index in [2.05, 4.69) is 42.3 Å². The van der Waals surface area contributed by atoms with Crippen LogP contribution in [0.25, 0.3) is 5.57 Å². The zero-order valence-corrected chi connectivity index (χ0v) is 18.3. The van der Waals surface area contributed by atoms with E-state index in [0.29, 0.717) is 0 Å². The fraction of sp³-hybridized carbons (Fsp3) is 0.333. The Kier molecular flexibility index (Phi) is 6.44. The number of nitrogens with zero attached hydrogens (tertiary/aromatic N) is 2. The van der Waals surface area contributed by atoms with Crippen LogP contribution in [-0.4, -0.2) is 24.2 Å². The van der Waals surface area contributed by atoms with Gasteiger partial charge in [0.1, 0.15) is 5.82 Å². The minimum absolute atomic E-state index is 0.164. The standard InChI is InChI=1S/C24H25F4N3O/c1-5-9-31-21-12-20(25)17(11-19(21)15(2)13-23(31,3)4)14-29-30-22(32)16-7-6-8-18(10-16)24(26,27)28/h6-8,10-14H,5,9H2,1-4H3,(H,30,32)/b29-14-. The average Bonchev–Trinajstić information content (AvgIpc) is 2.71. The van der Waals surface area contributed by atoms with E-state index in [4.69, 9.17) is 0 Å². The highest BCUT2D eigenvalue weighted by atomic mass is 19.4. The Labute approximate surface area is 184 Å². The van der Waals surface area contributed by atoms with Gasteiger partial charge in [0.05, 0.1) is 17.3 Å². The maximum atomic E-state index is 14.8. The van der Waals surface area contributed by atoms with Crippen LogP contribution < -0.4 is 10.3 Å². The van der Waals surface area contributed by atoms with E-state index in [1.165, 1.54) is 12.1 Å². The first kappa shape index (κ1) is 23.5. The fourth-order valence-corrected chi connectivity index (χ4v) is 3.91.